The second kappa shape index (κ2) is 10.6. The molecule has 1 aromatic carbocycles. The van der Waals surface area contributed by atoms with Crippen molar-refractivity contribution < 1.29 is 24.3 Å². The number of hydrogen-bond acceptors (Lipinski definition) is 11. The van der Waals surface area contributed by atoms with Crippen molar-refractivity contribution in [2.75, 3.05) is 23.9 Å². The Morgan fingerprint density at radius 3 is 2.91 bits per heavy atom. The summed E-state index contributed by atoms with van der Waals surface area (Å²) in [7, 11) is 1.37. The molecule has 0 spiro atoms. The van der Waals surface area contributed by atoms with Gasteiger partial charge in [-0.3, -0.25) is 19.8 Å². The smallest absolute Gasteiger partial charge is 0.280 e. The lowest BCUT2D eigenvalue weighted by atomic mass is 10.0. The van der Waals surface area contributed by atoms with Gasteiger partial charge >= 0.3 is 0 Å². The van der Waals surface area contributed by atoms with Crippen LogP contribution in [0.1, 0.15) is 23.2 Å². The lowest BCUT2D eigenvalue weighted by Crippen LogP contribution is -2.54. The van der Waals surface area contributed by atoms with Gasteiger partial charge in [-0.2, -0.15) is 0 Å². The average molecular weight is 513 g/mol. The fraction of sp³-hybridized carbons (Fsp3) is 0.227. The summed E-state index contributed by atoms with van der Waals surface area (Å²) in [5.74, 6) is -1.14. The van der Waals surface area contributed by atoms with Gasteiger partial charge in [-0.05, 0) is 18.2 Å². The monoisotopic (exact) mass is 512 g/mol. The number of benzene rings is 1. The molecule has 2 amide bonds. The first kappa shape index (κ1) is 24.2. The maximum Gasteiger partial charge on any atom is 0.280 e. The van der Waals surface area contributed by atoms with Crippen molar-refractivity contribution in [1.29, 1.82) is 0 Å². The Morgan fingerprint density at radius 1 is 1.43 bits per heavy atom. The number of hydrogen-bond donors (Lipinski definition) is 3. The number of nitrogens with two attached hydrogens (primary N) is 1. The summed E-state index contributed by atoms with van der Waals surface area (Å²) >= 11 is 2.81. The molecular weight excluding hydrogens is 492 g/mol. The van der Waals surface area contributed by atoms with E-state index < -0.39 is 11.9 Å². The van der Waals surface area contributed by atoms with Crippen molar-refractivity contribution in [3.8, 4) is 0 Å². The number of thiazole rings is 1. The number of carboxylic acids is 1. The summed E-state index contributed by atoms with van der Waals surface area (Å²) in [5, 5.41) is 22.1. The molecule has 3 aliphatic rings. The van der Waals surface area contributed by atoms with Crippen molar-refractivity contribution in [3.05, 3.63) is 58.4 Å². The number of nitrogen functional groups attached to an aromatic ring is 1. The molecule has 0 saturated carbocycles. The molecule has 0 aliphatic carbocycles. The topological polar surface area (TPSA) is 162 Å². The Balaban J connectivity index is 0.000000201. The number of rotatable bonds is 5. The molecule has 11 nitrogen and oxygen atoms in total. The molecule has 180 valence electrons. The SMILES string of the molecule is CO/N=C(\C(=O)Nc1ccc2c(c1)CN[C+]=C2)c1csc(N)n1.O=C([O-])C1=CCS[C@H]2CC(=O)N12. The van der Waals surface area contributed by atoms with E-state index >= 15 is 0 Å². The largest absolute Gasteiger partial charge is 0.543 e. The van der Waals surface area contributed by atoms with Gasteiger partial charge < -0.3 is 25.8 Å². The number of carbonyl (C=O) groups is 3. The van der Waals surface area contributed by atoms with E-state index in [1.165, 1.54) is 29.4 Å². The molecule has 0 bridgehead atoms. The first-order valence-electron chi connectivity index (χ1n) is 10.3. The van der Waals surface area contributed by atoms with Crippen LogP contribution in [0.5, 0.6) is 0 Å². The van der Waals surface area contributed by atoms with E-state index in [0.717, 1.165) is 11.1 Å². The number of nitrogens with zero attached hydrogens (tertiary/aromatic N) is 3. The van der Waals surface area contributed by atoms with Crippen LogP contribution in [0, 0.1) is 6.20 Å². The molecule has 4 heterocycles. The van der Waals surface area contributed by atoms with Crippen LogP contribution in [0.3, 0.4) is 0 Å². The summed E-state index contributed by atoms with van der Waals surface area (Å²) in [6, 6.07) is 5.64. The van der Waals surface area contributed by atoms with Gasteiger partial charge in [0.1, 0.15) is 18.4 Å². The maximum atomic E-state index is 12.4. The Hall–Kier alpha value is -3.93. The molecule has 5 rings (SSSR count). The van der Waals surface area contributed by atoms with Crippen molar-refractivity contribution in [1.82, 2.24) is 15.2 Å². The van der Waals surface area contributed by atoms with Gasteiger partial charge in [-0.1, -0.05) is 5.16 Å². The van der Waals surface area contributed by atoms with Crippen LogP contribution >= 0.6 is 23.1 Å². The fourth-order valence-corrected chi connectivity index (χ4v) is 5.13. The van der Waals surface area contributed by atoms with Crippen LogP contribution in [0.25, 0.3) is 6.08 Å². The number of aliphatic carboxylic acids is 1. The van der Waals surface area contributed by atoms with E-state index in [-0.39, 0.29) is 22.7 Å². The molecule has 1 atom stereocenters. The minimum Gasteiger partial charge on any atom is -0.543 e. The van der Waals surface area contributed by atoms with Gasteiger partial charge in [0.05, 0.1) is 35.6 Å². The summed E-state index contributed by atoms with van der Waals surface area (Å²) in [6.45, 7) is 0.664. The zero-order valence-electron chi connectivity index (χ0n) is 18.4. The molecule has 35 heavy (non-hydrogen) atoms. The molecule has 0 unspecified atom stereocenters. The molecule has 2 aromatic rings. The predicted molar refractivity (Wildman–Crippen MR) is 130 cm³/mol. The summed E-state index contributed by atoms with van der Waals surface area (Å²) in [4.78, 5) is 44.0. The van der Waals surface area contributed by atoms with Gasteiger partial charge in [0.15, 0.2) is 23.1 Å². The van der Waals surface area contributed by atoms with Crippen LogP contribution < -0.4 is 21.5 Å². The van der Waals surface area contributed by atoms with E-state index in [2.05, 4.69) is 27.0 Å². The number of thioether (sulfide) groups is 1. The number of oxime groups is 1. The number of nitrogens with one attached hydrogen (secondary N) is 2. The number of β-lactam (4-membered cyclic amide) rings is 1. The van der Waals surface area contributed by atoms with E-state index in [9.17, 15) is 19.5 Å². The maximum absolute atomic E-state index is 12.4. The molecule has 3 aliphatic heterocycles. The first-order chi connectivity index (χ1) is 16.9. The van der Waals surface area contributed by atoms with Crippen molar-refractivity contribution in [2.24, 2.45) is 5.16 Å². The quantitative estimate of drug-likeness (QED) is 0.224. The second-order valence-electron chi connectivity index (χ2n) is 7.34. The minimum atomic E-state index is -1.26. The van der Waals surface area contributed by atoms with Gasteiger partial charge in [-0.15, -0.1) is 23.1 Å². The first-order valence-corrected chi connectivity index (χ1v) is 12.2. The van der Waals surface area contributed by atoms with E-state index in [4.69, 9.17) is 10.6 Å². The molecule has 1 saturated heterocycles. The summed E-state index contributed by atoms with van der Waals surface area (Å²) in [5.41, 5.74) is 8.90. The van der Waals surface area contributed by atoms with Crippen LogP contribution in [-0.2, 0) is 25.8 Å². The average Bonchev–Trinajstić information content (AvgIpc) is 3.27. The highest BCUT2D eigenvalue weighted by molar-refractivity contribution is 8.00. The lowest BCUT2D eigenvalue weighted by Gasteiger charge is -2.43. The third-order valence-corrected chi connectivity index (χ3v) is 6.91. The molecule has 0 radical (unpaired) electrons. The number of amides is 2. The molecule has 1 aromatic heterocycles. The zero-order valence-corrected chi connectivity index (χ0v) is 20.1. The highest BCUT2D eigenvalue weighted by Crippen LogP contribution is 2.36. The third kappa shape index (κ3) is 5.43. The van der Waals surface area contributed by atoms with Crippen LogP contribution in [0.2, 0.25) is 0 Å². The third-order valence-electron chi connectivity index (χ3n) is 5.11. The Kier molecular flexibility index (Phi) is 7.30. The predicted octanol–water partition coefficient (Wildman–Crippen LogP) is 0.517. The van der Waals surface area contributed by atoms with Gasteiger partial charge in [-0.25, -0.2) is 4.98 Å². The van der Waals surface area contributed by atoms with Crippen molar-refractivity contribution >= 4 is 63.5 Å². The molecular formula is C22H20N6O5S2. The Morgan fingerprint density at radius 2 is 2.26 bits per heavy atom. The molecule has 13 heteroatoms. The lowest BCUT2D eigenvalue weighted by molar-refractivity contribution is -0.301. The number of carbonyl (C=O) groups excluding carboxylic acids is 3. The second-order valence-corrected chi connectivity index (χ2v) is 9.44. The van der Waals surface area contributed by atoms with Crippen LogP contribution in [-0.4, -0.2) is 51.6 Å². The van der Waals surface area contributed by atoms with Gasteiger partial charge in [0, 0.05) is 22.9 Å². The Bertz CT molecular complexity index is 1250. The van der Waals surface area contributed by atoms with Crippen LogP contribution in [0.4, 0.5) is 10.8 Å². The number of anilines is 2. The summed E-state index contributed by atoms with van der Waals surface area (Å²) < 4.78 is 0. The van der Waals surface area contributed by atoms with E-state index in [0.29, 0.717) is 35.2 Å². The normalized spacial score (nSPS) is 17.8. The number of carboxylic acid groups (broad SMARTS) is 1. The van der Waals surface area contributed by atoms with Crippen LogP contribution in [0.15, 0.2) is 40.5 Å². The fourth-order valence-electron chi connectivity index (χ4n) is 3.46. The standard InChI is InChI=1S/C15H13N5O2S.C7H7NO3S/c1-22-20-13(12-8-23-15(16)19-12)14(21)18-11-3-2-9-4-5-17-7-10(9)6-11;9-5-3-6-8(5)4(7(10)11)1-2-12-6/h2-4,6,8H,7H2,1H3,(H3-,16,17,18,19,20,21);1,6H,2-3H2,(H,10,11)/t;6-/m.0/s1. The molecule has 1 fully saturated rings. The van der Waals surface area contributed by atoms with Gasteiger partial charge in [0.25, 0.3) is 5.91 Å². The highest BCUT2D eigenvalue weighted by atomic mass is 32.2. The summed E-state index contributed by atoms with van der Waals surface area (Å²) in [6.07, 6.45) is 6.78. The zero-order chi connectivity index (χ0) is 24.9. The van der Waals surface area contributed by atoms with E-state index in [1.807, 2.05) is 24.3 Å². The van der Waals surface area contributed by atoms with Crippen molar-refractivity contribution in [2.45, 2.75) is 18.3 Å². The highest BCUT2D eigenvalue weighted by Gasteiger charge is 2.40. The number of fused-ring (bicyclic) bond motifs is 2. The minimum absolute atomic E-state index is 0.0370. The Labute approximate surface area is 208 Å². The molecule has 4 N–H and O–H groups in total. The van der Waals surface area contributed by atoms with Gasteiger partial charge in [0.2, 0.25) is 5.91 Å². The van der Waals surface area contributed by atoms with Crippen molar-refractivity contribution in [3.63, 3.8) is 0 Å². The van der Waals surface area contributed by atoms with E-state index in [1.54, 1.807) is 17.1 Å². The number of aromatic nitrogens is 1.